The lowest BCUT2D eigenvalue weighted by atomic mass is 9.77. The van der Waals surface area contributed by atoms with E-state index in [1.807, 2.05) is 19.1 Å². The van der Waals surface area contributed by atoms with Crippen molar-refractivity contribution in [1.29, 1.82) is 0 Å². The van der Waals surface area contributed by atoms with Crippen LogP contribution in [0.3, 0.4) is 0 Å². The number of carbonyl (C=O) groups excluding carboxylic acids is 2. The van der Waals surface area contributed by atoms with Crippen molar-refractivity contribution in [3.63, 3.8) is 0 Å². The lowest BCUT2D eigenvalue weighted by Crippen LogP contribution is -2.37. The van der Waals surface area contributed by atoms with E-state index in [-0.39, 0.29) is 24.3 Å². The molecule has 1 aromatic carbocycles. The van der Waals surface area contributed by atoms with E-state index in [1.54, 1.807) is 30.3 Å². The fourth-order valence-corrected chi connectivity index (χ4v) is 3.94. The van der Waals surface area contributed by atoms with Crippen LogP contribution in [0.1, 0.15) is 32.6 Å². The molecule has 0 spiro atoms. The number of amides is 2. The molecule has 3 aliphatic rings. The highest BCUT2D eigenvalue weighted by atomic mass is 16.5. The first kappa shape index (κ1) is 19.2. The summed E-state index contributed by atoms with van der Waals surface area (Å²) >= 11 is 0. The average molecular weight is 392 g/mol. The second-order valence-corrected chi connectivity index (χ2v) is 7.22. The van der Waals surface area contributed by atoms with Gasteiger partial charge in [-0.25, -0.2) is 4.99 Å². The average Bonchev–Trinajstić information content (AvgIpc) is 2.73. The van der Waals surface area contributed by atoms with E-state index in [2.05, 4.69) is 10.3 Å². The maximum atomic E-state index is 12.4. The molecule has 150 valence electrons. The molecule has 1 aliphatic heterocycles. The lowest BCUT2D eigenvalue weighted by molar-refractivity contribution is -0.119. The predicted molar refractivity (Wildman–Crippen MR) is 110 cm³/mol. The molecule has 6 heteroatoms. The second-order valence-electron chi connectivity index (χ2n) is 7.22. The standard InChI is InChI=1S/C23H24N2O4/c1-2-28-16-8-10-17(11-9-16)29-14-22(26)24-15-7-12-19-18-5-3-4-6-20(18)23(27)25-21(19)13-15/h7-13,19H,2-6,14H2,1H3,(H,25,27). The van der Waals surface area contributed by atoms with Crippen LogP contribution in [-0.4, -0.2) is 30.7 Å². The molecule has 0 fully saturated rings. The molecule has 1 atom stereocenters. The van der Waals surface area contributed by atoms with Crippen LogP contribution in [0.25, 0.3) is 0 Å². The van der Waals surface area contributed by atoms with Gasteiger partial charge in [0.2, 0.25) is 0 Å². The molecular formula is C23H24N2O4. The fraction of sp³-hybridized carbons (Fsp3) is 0.348. The quantitative estimate of drug-likeness (QED) is 0.832. The smallest absolute Gasteiger partial charge is 0.284 e. The zero-order valence-electron chi connectivity index (χ0n) is 16.4. The molecule has 1 heterocycles. The summed E-state index contributed by atoms with van der Waals surface area (Å²) < 4.78 is 10.9. The summed E-state index contributed by atoms with van der Waals surface area (Å²) in [5, 5.41) is 2.97. The molecule has 29 heavy (non-hydrogen) atoms. The van der Waals surface area contributed by atoms with Crippen LogP contribution in [0.5, 0.6) is 11.5 Å². The summed E-state index contributed by atoms with van der Waals surface area (Å²) in [6.45, 7) is 2.36. The zero-order chi connectivity index (χ0) is 20.2. The van der Waals surface area contributed by atoms with Crippen LogP contribution in [0, 0.1) is 5.92 Å². The van der Waals surface area contributed by atoms with Crippen LogP contribution in [0.2, 0.25) is 0 Å². The van der Waals surface area contributed by atoms with Crippen molar-refractivity contribution in [3.05, 3.63) is 59.3 Å². The van der Waals surface area contributed by atoms with Crippen molar-refractivity contribution in [2.24, 2.45) is 10.9 Å². The number of nitrogens with one attached hydrogen (secondary N) is 1. The van der Waals surface area contributed by atoms with Crippen molar-refractivity contribution >= 4 is 17.5 Å². The molecule has 2 aliphatic carbocycles. The van der Waals surface area contributed by atoms with Gasteiger partial charge in [-0.2, -0.15) is 0 Å². The molecule has 1 aromatic rings. The number of hydrogen-bond donors (Lipinski definition) is 1. The maximum Gasteiger partial charge on any atom is 0.284 e. The van der Waals surface area contributed by atoms with Crippen molar-refractivity contribution in [3.8, 4) is 11.5 Å². The van der Waals surface area contributed by atoms with E-state index in [0.29, 0.717) is 18.1 Å². The summed E-state index contributed by atoms with van der Waals surface area (Å²) in [5.41, 5.74) is 3.48. The third-order valence-electron chi connectivity index (χ3n) is 5.27. The summed E-state index contributed by atoms with van der Waals surface area (Å²) in [5.74, 6) is 1.04. The Bertz CT molecular complexity index is 938. The molecule has 0 saturated heterocycles. The number of nitrogens with zero attached hydrogens (tertiary/aromatic N) is 1. The Balaban J connectivity index is 1.40. The van der Waals surface area contributed by atoms with E-state index >= 15 is 0 Å². The summed E-state index contributed by atoms with van der Waals surface area (Å²) in [6, 6.07) is 7.10. The van der Waals surface area contributed by atoms with Crippen LogP contribution >= 0.6 is 0 Å². The summed E-state index contributed by atoms with van der Waals surface area (Å²) in [6.07, 6.45) is 9.64. The number of fused-ring (bicyclic) bond motifs is 2. The number of hydrogen-bond acceptors (Lipinski definition) is 4. The number of rotatable bonds is 5. The Morgan fingerprint density at radius 2 is 1.86 bits per heavy atom. The van der Waals surface area contributed by atoms with Gasteiger partial charge in [-0.05, 0) is 74.6 Å². The van der Waals surface area contributed by atoms with Crippen LogP contribution < -0.4 is 14.8 Å². The monoisotopic (exact) mass is 392 g/mol. The third-order valence-corrected chi connectivity index (χ3v) is 5.27. The SMILES string of the molecule is CCOc1ccc(OCC(=O)N=C2C=CC3C(=C2)NC(=O)C2=C3CCCC2)cc1. The van der Waals surface area contributed by atoms with Crippen LogP contribution in [0.15, 0.2) is 64.3 Å². The molecule has 0 radical (unpaired) electrons. The highest BCUT2D eigenvalue weighted by Gasteiger charge is 2.33. The van der Waals surface area contributed by atoms with Crippen molar-refractivity contribution in [1.82, 2.24) is 5.32 Å². The van der Waals surface area contributed by atoms with Crippen molar-refractivity contribution in [2.75, 3.05) is 13.2 Å². The minimum Gasteiger partial charge on any atom is -0.494 e. The van der Waals surface area contributed by atoms with E-state index in [4.69, 9.17) is 9.47 Å². The molecule has 0 bridgehead atoms. The van der Waals surface area contributed by atoms with Crippen molar-refractivity contribution < 1.29 is 19.1 Å². The van der Waals surface area contributed by atoms with Crippen LogP contribution in [0.4, 0.5) is 0 Å². The Morgan fingerprint density at radius 3 is 2.62 bits per heavy atom. The van der Waals surface area contributed by atoms with Gasteiger partial charge in [-0.15, -0.1) is 0 Å². The Kier molecular flexibility index (Phi) is 5.60. The summed E-state index contributed by atoms with van der Waals surface area (Å²) in [7, 11) is 0. The van der Waals surface area contributed by atoms with Gasteiger partial charge >= 0.3 is 0 Å². The minimum absolute atomic E-state index is 0.0120. The van der Waals surface area contributed by atoms with Gasteiger partial charge in [0.1, 0.15) is 11.5 Å². The predicted octanol–water partition coefficient (Wildman–Crippen LogP) is 3.50. The van der Waals surface area contributed by atoms with E-state index in [1.165, 1.54) is 5.57 Å². The van der Waals surface area contributed by atoms with Gasteiger partial charge in [0.05, 0.1) is 12.3 Å². The van der Waals surface area contributed by atoms with Gasteiger partial charge in [-0.1, -0.05) is 6.08 Å². The largest absolute Gasteiger partial charge is 0.494 e. The second kappa shape index (κ2) is 8.47. The first-order valence-corrected chi connectivity index (χ1v) is 10.0. The molecule has 1 N–H and O–H groups in total. The number of benzene rings is 1. The van der Waals surface area contributed by atoms with Gasteiger partial charge in [0.15, 0.2) is 6.61 Å². The van der Waals surface area contributed by atoms with Gasteiger partial charge in [-0.3, -0.25) is 9.59 Å². The van der Waals surface area contributed by atoms with Crippen molar-refractivity contribution in [2.45, 2.75) is 32.6 Å². The number of ether oxygens (including phenoxy) is 2. The summed E-state index contributed by atoms with van der Waals surface area (Å²) in [4.78, 5) is 28.7. The molecule has 1 unspecified atom stereocenters. The normalized spacial score (nSPS) is 21.8. The number of carbonyl (C=O) groups is 2. The van der Waals surface area contributed by atoms with E-state index in [9.17, 15) is 9.59 Å². The Morgan fingerprint density at radius 1 is 1.14 bits per heavy atom. The van der Waals surface area contributed by atoms with Crippen LogP contribution in [-0.2, 0) is 9.59 Å². The Labute approximate surface area is 170 Å². The topological polar surface area (TPSA) is 77.0 Å². The molecule has 6 nitrogen and oxygen atoms in total. The molecular weight excluding hydrogens is 368 g/mol. The first-order chi connectivity index (χ1) is 14.1. The molecule has 2 amide bonds. The fourth-order valence-electron chi connectivity index (χ4n) is 3.94. The lowest BCUT2D eigenvalue weighted by Gasteiger charge is -2.33. The van der Waals surface area contributed by atoms with E-state index < -0.39 is 0 Å². The zero-order valence-corrected chi connectivity index (χ0v) is 16.4. The highest BCUT2D eigenvalue weighted by molar-refractivity contribution is 6.11. The third kappa shape index (κ3) is 4.31. The number of allylic oxidation sites excluding steroid dienone is 3. The number of aliphatic imine (C=N–C) groups is 1. The Hall–Kier alpha value is -3.15. The molecule has 4 rings (SSSR count). The van der Waals surface area contributed by atoms with Gasteiger partial charge in [0, 0.05) is 17.2 Å². The first-order valence-electron chi connectivity index (χ1n) is 10.0. The minimum atomic E-state index is -0.381. The maximum absolute atomic E-state index is 12.4. The van der Waals surface area contributed by atoms with Gasteiger partial charge in [0.25, 0.3) is 11.8 Å². The molecule has 0 saturated carbocycles. The highest BCUT2D eigenvalue weighted by Crippen LogP contribution is 2.38. The van der Waals surface area contributed by atoms with Gasteiger partial charge < -0.3 is 14.8 Å². The van der Waals surface area contributed by atoms with E-state index in [0.717, 1.165) is 42.7 Å². The molecule has 0 aromatic heterocycles.